The molecule has 0 aliphatic carbocycles. The molecule has 1 aromatic carbocycles. The molecule has 2 aliphatic heterocycles. The average Bonchev–Trinajstić information content (AvgIpc) is 3.08. The molecule has 5 nitrogen and oxygen atoms in total. The molecule has 2 aliphatic rings. The van der Waals surface area contributed by atoms with Gasteiger partial charge in [0, 0.05) is 44.7 Å². The minimum Gasteiger partial charge on any atom is -0.381 e. The van der Waals surface area contributed by atoms with Crippen molar-refractivity contribution in [2.75, 3.05) is 45.9 Å². The molecule has 0 aromatic heterocycles. The van der Waals surface area contributed by atoms with Crippen LogP contribution in [-0.2, 0) is 14.8 Å². The Balaban J connectivity index is 1.52. The van der Waals surface area contributed by atoms with Gasteiger partial charge in [-0.2, -0.15) is 4.31 Å². The third-order valence-electron chi connectivity index (χ3n) is 4.46. The van der Waals surface area contributed by atoms with Crippen LogP contribution in [0.15, 0.2) is 35.7 Å². The van der Waals surface area contributed by atoms with Gasteiger partial charge < -0.3 is 9.64 Å². The van der Waals surface area contributed by atoms with Crippen LogP contribution in [0.2, 0.25) is 0 Å². The summed E-state index contributed by atoms with van der Waals surface area (Å²) >= 11 is 0. The first kappa shape index (κ1) is 16.6. The molecule has 23 heavy (non-hydrogen) atoms. The van der Waals surface area contributed by atoms with Crippen LogP contribution in [0, 0.1) is 5.92 Å². The Morgan fingerprint density at radius 1 is 1.13 bits per heavy atom. The summed E-state index contributed by atoms with van der Waals surface area (Å²) in [7, 11) is -3.33. The molecule has 6 heteroatoms. The Hall–Kier alpha value is -1.21. The molecule has 3 rings (SSSR count). The zero-order valence-corrected chi connectivity index (χ0v) is 14.1. The zero-order valence-electron chi connectivity index (χ0n) is 13.3. The standard InChI is InChI=1S/C17H24N2O3S/c20-23(21,13-7-16-4-2-1-3-5-16)19-10-8-18(9-11-19)14-17-6-12-22-15-17/h1-5,7,13,17H,6,8-12,14-15H2/b13-7+. The van der Waals surface area contributed by atoms with Crippen molar-refractivity contribution in [3.8, 4) is 0 Å². The molecule has 1 atom stereocenters. The lowest BCUT2D eigenvalue weighted by atomic mass is 10.1. The van der Waals surface area contributed by atoms with Crippen LogP contribution in [0.5, 0.6) is 0 Å². The molecular weight excluding hydrogens is 312 g/mol. The van der Waals surface area contributed by atoms with Crippen LogP contribution in [0.25, 0.3) is 6.08 Å². The van der Waals surface area contributed by atoms with E-state index in [-0.39, 0.29) is 0 Å². The van der Waals surface area contributed by atoms with Crippen LogP contribution in [0.3, 0.4) is 0 Å². The number of sulfonamides is 1. The first-order valence-corrected chi connectivity index (χ1v) is 9.67. The van der Waals surface area contributed by atoms with E-state index in [9.17, 15) is 8.42 Å². The van der Waals surface area contributed by atoms with Crippen molar-refractivity contribution in [1.29, 1.82) is 0 Å². The van der Waals surface area contributed by atoms with Crippen LogP contribution < -0.4 is 0 Å². The Morgan fingerprint density at radius 3 is 2.52 bits per heavy atom. The maximum atomic E-state index is 12.4. The Bertz CT molecular complexity index is 616. The molecule has 0 amide bonds. The van der Waals surface area contributed by atoms with Gasteiger partial charge in [0.15, 0.2) is 0 Å². The van der Waals surface area contributed by atoms with Gasteiger partial charge in [-0.3, -0.25) is 0 Å². The lowest BCUT2D eigenvalue weighted by molar-refractivity contribution is 0.144. The van der Waals surface area contributed by atoms with Crippen molar-refractivity contribution < 1.29 is 13.2 Å². The maximum absolute atomic E-state index is 12.4. The summed E-state index contributed by atoms with van der Waals surface area (Å²) in [4.78, 5) is 2.35. The Labute approximate surface area is 138 Å². The van der Waals surface area contributed by atoms with E-state index in [0.29, 0.717) is 19.0 Å². The third kappa shape index (κ3) is 4.64. The highest BCUT2D eigenvalue weighted by molar-refractivity contribution is 7.92. The highest BCUT2D eigenvalue weighted by Gasteiger charge is 2.27. The van der Waals surface area contributed by atoms with E-state index in [4.69, 9.17) is 4.74 Å². The van der Waals surface area contributed by atoms with Crippen LogP contribution in [0.1, 0.15) is 12.0 Å². The van der Waals surface area contributed by atoms with Crippen LogP contribution in [0.4, 0.5) is 0 Å². The summed E-state index contributed by atoms with van der Waals surface area (Å²) in [5, 5.41) is 1.32. The normalized spacial score (nSPS) is 24.4. The van der Waals surface area contributed by atoms with E-state index in [1.807, 2.05) is 30.3 Å². The quantitative estimate of drug-likeness (QED) is 0.820. The first-order valence-electron chi connectivity index (χ1n) is 8.17. The number of nitrogens with zero attached hydrogens (tertiary/aromatic N) is 2. The number of hydrogen-bond acceptors (Lipinski definition) is 4. The van der Waals surface area contributed by atoms with E-state index in [2.05, 4.69) is 4.90 Å². The summed E-state index contributed by atoms with van der Waals surface area (Å²) in [6, 6.07) is 9.51. The monoisotopic (exact) mass is 336 g/mol. The zero-order chi connectivity index (χ0) is 16.1. The molecule has 1 unspecified atom stereocenters. The minimum absolute atomic E-state index is 0.565. The van der Waals surface area contributed by atoms with Crippen LogP contribution >= 0.6 is 0 Å². The number of piperazine rings is 1. The summed E-state index contributed by atoms with van der Waals surface area (Å²) in [5.74, 6) is 0.608. The molecular formula is C17H24N2O3S. The summed E-state index contributed by atoms with van der Waals surface area (Å²) in [6.45, 7) is 5.46. The van der Waals surface area contributed by atoms with Crippen LogP contribution in [-0.4, -0.2) is 63.6 Å². The predicted octanol–water partition coefficient (Wildman–Crippen LogP) is 1.64. The van der Waals surface area contributed by atoms with Gasteiger partial charge in [-0.05, 0) is 24.0 Å². The van der Waals surface area contributed by atoms with Crippen molar-refractivity contribution in [1.82, 2.24) is 9.21 Å². The van der Waals surface area contributed by atoms with Crippen molar-refractivity contribution in [3.63, 3.8) is 0 Å². The number of ether oxygens (including phenoxy) is 1. The van der Waals surface area contributed by atoms with Gasteiger partial charge in [-0.1, -0.05) is 30.3 Å². The smallest absolute Gasteiger partial charge is 0.236 e. The van der Waals surface area contributed by atoms with Gasteiger partial charge in [0.2, 0.25) is 10.0 Å². The Kier molecular flexibility index (Phi) is 5.48. The SMILES string of the molecule is O=S(=O)(/C=C/c1ccccc1)N1CCN(CC2CCOC2)CC1. The fourth-order valence-electron chi connectivity index (χ4n) is 3.07. The van der Waals surface area contributed by atoms with E-state index in [0.717, 1.165) is 44.8 Å². The molecule has 2 fully saturated rings. The van der Waals surface area contributed by atoms with Gasteiger partial charge in [0.1, 0.15) is 0 Å². The van der Waals surface area contributed by atoms with Gasteiger partial charge in [-0.25, -0.2) is 8.42 Å². The van der Waals surface area contributed by atoms with E-state index >= 15 is 0 Å². The van der Waals surface area contributed by atoms with E-state index in [1.165, 1.54) is 5.41 Å². The van der Waals surface area contributed by atoms with Gasteiger partial charge >= 0.3 is 0 Å². The second-order valence-corrected chi connectivity index (χ2v) is 8.01. The second kappa shape index (κ2) is 7.57. The number of hydrogen-bond donors (Lipinski definition) is 0. The molecule has 1 aromatic rings. The van der Waals surface area contributed by atoms with Gasteiger partial charge in [-0.15, -0.1) is 0 Å². The molecule has 0 radical (unpaired) electrons. The van der Waals surface area contributed by atoms with Gasteiger partial charge in [0.05, 0.1) is 6.61 Å². The molecule has 2 saturated heterocycles. The lowest BCUT2D eigenvalue weighted by Crippen LogP contribution is -2.49. The highest BCUT2D eigenvalue weighted by Crippen LogP contribution is 2.17. The molecule has 126 valence electrons. The highest BCUT2D eigenvalue weighted by atomic mass is 32.2. The lowest BCUT2D eigenvalue weighted by Gasteiger charge is -2.34. The van der Waals surface area contributed by atoms with E-state index in [1.54, 1.807) is 10.4 Å². The molecule has 0 spiro atoms. The third-order valence-corrected chi connectivity index (χ3v) is 6.03. The topological polar surface area (TPSA) is 49.9 Å². The fourth-order valence-corrected chi connectivity index (χ4v) is 4.25. The number of benzene rings is 1. The van der Waals surface area contributed by atoms with Crippen molar-refractivity contribution in [2.45, 2.75) is 6.42 Å². The maximum Gasteiger partial charge on any atom is 0.236 e. The van der Waals surface area contributed by atoms with Crippen molar-refractivity contribution in [3.05, 3.63) is 41.3 Å². The van der Waals surface area contributed by atoms with E-state index < -0.39 is 10.0 Å². The average molecular weight is 336 g/mol. The minimum atomic E-state index is -3.33. The first-order chi connectivity index (χ1) is 11.1. The Morgan fingerprint density at radius 2 is 1.87 bits per heavy atom. The predicted molar refractivity (Wildman–Crippen MR) is 91.3 cm³/mol. The fraction of sp³-hybridized carbons (Fsp3) is 0.529. The molecule has 0 bridgehead atoms. The largest absolute Gasteiger partial charge is 0.381 e. The van der Waals surface area contributed by atoms with Crippen molar-refractivity contribution in [2.24, 2.45) is 5.92 Å². The van der Waals surface area contributed by atoms with Crippen molar-refractivity contribution >= 4 is 16.1 Å². The molecule has 2 heterocycles. The summed E-state index contributed by atoms with van der Waals surface area (Å²) in [5.41, 5.74) is 0.899. The number of rotatable bonds is 5. The molecule has 0 saturated carbocycles. The second-order valence-electron chi connectivity index (χ2n) is 6.19. The molecule has 0 N–H and O–H groups in total. The van der Waals surface area contributed by atoms with Gasteiger partial charge in [0.25, 0.3) is 0 Å². The summed E-state index contributed by atoms with van der Waals surface area (Å²) < 4.78 is 31.8. The summed E-state index contributed by atoms with van der Waals surface area (Å²) in [6.07, 6.45) is 2.79.